The summed E-state index contributed by atoms with van der Waals surface area (Å²) < 4.78 is 37.0. The molecule has 0 saturated carbocycles. The van der Waals surface area contributed by atoms with Crippen molar-refractivity contribution in [1.82, 2.24) is 28.8 Å². The molecule has 168 valence electrons. The van der Waals surface area contributed by atoms with Gasteiger partial charge in [-0.3, -0.25) is 23.2 Å². The fourth-order valence-electron chi connectivity index (χ4n) is 3.61. The first-order valence-electron chi connectivity index (χ1n) is 9.19. The van der Waals surface area contributed by atoms with Crippen molar-refractivity contribution in [3.63, 3.8) is 0 Å². The van der Waals surface area contributed by atoms with Crippen LogP contribution in [0.1, 0.15) is 6.23 Å². The molecule has 1 aliphatic heterocycles. The molecule has 0 aliphatic carbocycles. The second-order valence-corrected chi connectivity index (χ2v) is 8.52. The molecule has 0 radical (unpaired) electrons. The summed E-state index contributed by atoms with van der Waals surface area (Å²) >= 11 is 0. The third-order valence-corrected chi connectivity index (χ3v) is 6.30. The van der Waals surface area contributed by atoms with Crippen LogP contribution in [-0.4, -0.2) is 68.5 Å². The monoisotopic (exact) mass is 477 g/mol. The molecule has 5 atom stereocenters. The summed E-state index contributed by atoms with van der Waals surface area (Å²) in [7, 11) is -1.41. The molecule has 16 heteroatoms. The van der Waals surface area contributed by atoms with Crippen LogP contribution < -0.4 is 45.7 Å². The Morgan fingerprint density at radius 1 is 1.34 bits per heavy atom. The van der Waals surface area contributed by atoms with Gasteiger partial charge in [-0.05, 0) is 0 Å². The minimum Gasteiger partial charge on any atom is -0.761 e. The van der Waals surface area contributed by atoms with E-state index in [1.807, 2.05) is 0 Å². The van der Waals surface area contributed by atoms with Gasteiger partial charge in [-0.25, -0.2) is 9.97 Å². The predicted molar refractivity (Wildman–Crippen MR) is 104 cm³/mol. The Labute approximate surface area is 203 Å². The second-order valence-electron chi connectivity index (χ2n) is 6.87. The molecule has 4 heterocycles. The third-order valence-electron chi connectivity index (χ3n) is 5.03. The normalized spacial score (nSPS) is 25.0. The zero-order chi connectivity index (χ0) is 22.2. The number of methoxy groups -OCH3 is 2. The number of nitrogens with one attached hydrogen (secondary N) is 1. The third kappa shape index (κ3) is 4.69. The molecule has 0 aromatic carbocycles. The Morgan fingerprint density at radius 3 is 2.78 bits per heavy atom. The van der Waals surface area contributed by atoms with E-state index in [2.05, 4.69) is 19.9 Å². The van der Waals surface area contributed by atoms with Gasteiger partial charge in [0.05, 0.1) is 25.6 Å². The van der Waals surface area contributed by atoms with Gasteiger partial charge in [0, 0.05) is 32.5 Å². The van der Waals surface area contributed by atoms with Gasteiger partial charge in [-0.2, -0.15) is 4.98 Å². The summed E-state index contributed by atoms with van der Waals surface area (Å²) in [5, 5.41) is 0. The SMILES string of the molecule is COC[C@H]1[C@@H](OC)[C@H](n2cnc3c(=O)[nH]c(N)nc32)O[C@@H]1COP(=O)([O-])n1ccnc1.[Na+]. The minimum absolute atomic E-state index is 0. The quantitative estimate of drug-likeness (QED) is 0.239. The van der Waals surface area contributed by atoms with Gasteiger partial charge in [-0.1, -0.05) is 0 Å². The van der Waals surface area contributed by atoms with Crippen molar-refractivity contribution in [2.24, 2.45) is 5.92 Å². The van der Waals surface area contributed by atoms with E-state index in [0.717, 1.165) is 10.7 Å². The summed E-state index contributed by atoms with van der Waals surface area (Å²) in [5.74, 6) is -0.466. The first kappa shape index (κ1) is 25.0. The van der Waals surface area contributed by atoms with Gasteiger partial charge >= 0.3 is 29.6 Å². The van der Waals surface area contributed by atoms with Crippen LogP contribution in [0.5, 0.6) is 0 Å². The maximum Gasteiger partial charge on any atom is 1.00 e. The van der Waals surface area contributed by atoms with Crippen LogP contribution in [0.4, 0.5) is 5.95 Å². The number of nitrogen functional groups attached to an aromatic ring is 1. The molecule has 3 aromatic rings. The van der Waals surface area contributed by atoms with Crippen LogP contribution >= 0.6 is 7.75 Å². The van der Waals surface area contributed by atoms with Gasteiger partial charge < -0.3 is 29.4 Å². The van der Waals surface area contributed by atoms with E-state index < -0.39 is 31.7 Å². The number of imidazole rings is 2. The number of rotatable bonds is 8. The van der Waals surface area contributed by atoms with Crippen molar-refractivity contribution < 1.29 is 57.8 Å². The van der Waals surface area contributed by atoms with Crippen LogP contribution in [0.25, 0.3) is 11.2 Å². The molecule has 3 N–H and O–H groups in total. The minimum atomic E-state index is -4.41. The van der Waals surface area contributed by atoms with Gasteiger partial charge in [0.15, 0.2) is 17.4 Å². The Bertz CT molecular complexity index is 1150. The van der Waals surface area contributed by atoms with E-state index in [9.17, 15) is 14.3 Å². The molecule has 1 aliphatic rings. The molecule has 1 unspecified atom stereocenters. The maximum atomic E-state index is 12.4. The smallest absolute Gasteiger partial charge is 0.761 e. The van der Waals surface area contributed by atoms with E-state index in [1.165, 1.54) is 37.5 Å². The number of fused-ring (bicyclic) bond motifs is 1. The standard InChI is InChI=1S/C16H22N7O7P.Na/c1-27-5-9-10(6-29-31(25,26)22-4-3-18-7-22)30-15(12(9)28-2)23-8-19-11-13(23)20-16(17)21-14(11)24;/h3-4,7-10,12,15H,5-6H2,1-2H3,(H,25,26)(H3,17,20,21,24);/q;+1/p-1/t9-,10-,12-,15-;/m1./s1. The van der Waals surface area contributed by atoms with E-state index in [4.69, 9.17) is 24.5 Å². The topological polar surface area (TPSA) is 184 Å². The number of hydrogen-bond acceptors (Lipinski definition) is 11. The van der Waals surface area contributed by atoms with Crippen LogP contribution in [0, 0.1) is 5.92 Å². The number of aromatic nitrogens is 6. The zero-order valence-electron chi connectivity index (χ0n) is 17.7. The molecule has 1 saturated heterocycles. The molecule has 32 heavy (non-hydrogen) atoms. The number of aromatic amines is 1. The van der Waals surface area contributed by atoms with Crippen molar-refractivity contribution in [3.05, 3.63) is 35.4 Å². The number of H-pyrrole nitrogens is 1. The maximum absolute atomic E-state index is 12.4. The fourth-order valence-corrected chi connectivity index (χ4v) is 4.49. The van der Waals surface area contributed by atoms with Crippen molar-refractivity contribution >= 4 is 24.9 Å². The zero-order valence-corrected chi connectivity index (χ0v) is 20.5. The predicted octanol–water partition coefficient (Wildman–Crippen LogP) is -3.89. The number of hydrogen-bond donors (Lipinski definition) is 2. The molecular weight excluding hydrogens is 456 g/mol. The van der Waals surface area contributed by atoms with E-state index >= 15 is 0 Å². The Balaban J connectivity index is 0.00000289. The second kappa shape index (κ2) is 10.1. The van der Waals surface area contributed by atoms with Crippen molar-refractivity contribution in [2.75, 3.05) is 33.2 Å². The Kier molecular flexibility index (Phi) is 7.91. The molecule has 3 aromatic heterocycles. The average Bonchev–Trinajstić information content (AvgIpc) is 3.45. The molecule has 1 fully saturated rings. The van der Waals surface area contributed by atoms with Gasteiger partial charge in [0.2, 0.25) is 13.7 Å². The molecular formula is C16H21N7NaO7P. The first-order chi connectivity index (χ1) is 14.9. The fraction of sp³-hybridized carbons (Fsp3) is 0.500. The largest absolute Gasteiger partial charge is 1.00 e. The van der Waals surface area contributed by atoms with Crippen molar-refractivity contribution in [3.8, 4) is 0 Å². The first-order valence-corrected chi connectivity index (χ1v) is 10.7. The van der Waals surface area contributed by atoms with Crippen LogP contribution in [0.3, 0.4) is 0 Å². The van der Waals surface area contributed by atoms with E-state index in [0.29, 0.717) is 0 Å². The van der Waals surface area contributed by atoms with Gasteiger partial charge in [-0.15, -0.1) is 0 Å². The molecule has 4 rings (SSSR count). The summed E-state index contributed by atoms with van der Waals surface area (Å²) in [4.78, 5) is 38.8. The number of ether oxygens (including phenoxy) is 3. The number of nitrogens with two attached hydrogens (primary N) is 1. The average molecular weight is 477 g/mol. The van der Waals surface area contributed by atoms with E-state index in [-0.39, 0.29) is 65.8 Å². The summed E-state index contributed by atoms with van der Waals surface area (Å²) in [6.07, 6.45) is 3.04. The number of nitrogens with zero attached hydrogens (tertiary/aromatic N) is 5. The molecule has 0 spiro atoms. The van der Waals surface area contributed by atoms with E-state index in [1.54, 1.807) is 0 Å². The Morgan fingerprint density at radius 2 is 2.12 bits per heavy atom. The van der Waals surface area contributed by atoms with Crippen LogP contribution in [-0.2, 0) is 23.3 Å². The molecule has 0 amide bonds. The summed E-state index contributed by atoms with van der Waals surface area (Å²) in [6.45, 7) is -0.0772. The van der Waals surface area contributed by atoms with Crippen LogP contribution in [0.2, 0.25) is 0 Å². The van der Waals surface area contributed by atoms with Gasteiger partial charge in [0.1, 0.15) is 12.4 Å². The number of anilines is 1. The van der Waals surface area contributed by atoms with Crippen molar-refractivity contribution in [2.45, 2.75) is 18.4 Å². The summed E-state index contributed by atoms with van der Waals surface area (Å²) in [6, 6.07) is 0. The molecule has 0 bridgehead atoms. The molecule has 14 nitrogen and oxygen atoms in total. The van der Waals surface area contributed by atoms with Crippen molar-refractivity contribution in [1.29, 1.82) is 0 Å². The Hall–Kier alpha value is -1.61. The van der Waals surface area contributed by atoms with Gasteiger partial charge in [0.25, 0.3) is 5.56 Å². The summed E-state index contributed by atoms with van der Waals surface area (Å²) in [5.41, 5.74) is 5.47. The van der Waals surface area contributed by atoms with Crippen LogP contribution in [0.15, 0.2) is 29.8 Å².